The van der Waals surface area contributed by atoms with E-state index in [9.17, 15) is 4.79 Å². The number of rotatable bonds is 6. The van der Waals surface area contributed by atoms with Crippen LogP contribution in [0.4, 0.5) is 0 Å². The highest BCUT2D eigenvalue weighted by atomic mass is 35.5. The number of hydrogen-bond donors (Lipinski definition) is 0. The Balaban J connectivity index is 1.77. The fourth-order valence-electron chi connectivity index (χ4n) is 2.24. The molecule has 5 nitrogen and oxygen atoms in total. The van der Waals surface area contributed by atoms with Gasteiger partial charge in [0, 0.05) is 30.0 Å². The van der Waals surface area contributed by atoms with Gasteiger partial charge in [0.1, 0.15) is 12.1 Å². The summed E-state index contributed by atoms with van der Waals surface area (Å²) in [5.74, 6) is 0.619. The summed E-state index contributed by atoms with van der Waals surface area (Å²) in [6.45, 7) is 4.68. The highest BCUT2D eigenvalue weighted by Crippen LogP contribution is 2.23. The van der Waals surface area contributed by atoms with Gasteiger partial charge in [-0.05, 0) is 24.3 Å². The van der Waals surface area contributed by atoms with Gasteiger partial charge in [0.2, 0.25) is 0 Å². The summed E-state index contributed by atoms with van der Waals surface area (Å²) in [7, 11) is 0. The smallest absolute Gasteiger partial charge is 0.256 e. The zero-order valence-electron chi connectivity index (χ0n) is 12.8. The molecule has 3 aromatic rings. The maximum Gasteiger partial charge on any atom is 0.256 e. The minimum absolute atomic E-state index is 0.0934. The first kappa shape index (κ1) is 16.4. The average Bonchev–Trinajstić information content (AvgIpc) is 3.26. The first-order chi connectivity index (χ1) is 11.7. The van der Waals surface area contributed by atoms with Crippen molar-refractivity contribution < 1.29 is 4.79 Å². The van der Waals surface area contributed by atoms with Crippen LogP contribution in [0.15, 0.2) is 61.8 Å². The SMILES string of the molecule is C=CCN(Cc1ccc(Cl)s1)C(=O)c1ccc(-n2ccnc2)nc1. The molecule has 0 aliphatic carbocycles. The van der Waals surface area contributed by atoms with E-state index < -0.39 is 0 Å². The molecule has 0 aromatic carbocycles. The van der Waals surface area contributed by atoms with Crippen molar-refractivity contribution >= 4 is 28.8 Å². The quantitative estimate of drug-likeness (QED) is 0.629. The average molecular weight is 359 g/mol. The van der Waals surface area contributed by atoms with Gasteiger partial charge in [0.15, 0.2) is 0 Å². The van der Waals surface area contributed by atoms with Crippen molar-refractivity contribution in [3.8, 4) is 5.82 Å². The number of carbonyl (C=O) groups is 1. The Morgan fingerprint density at radius 1 is 1.38 bits per heavy atom. The number of nitrogens with zero attached hydrogens (tertiary/aromatic N) is 4. The van der Waals surface area contributed by atoms with Crippen molar-refractivity contribution in [1.29, 1.82) is 0 Å². The Morgan fingerprint density at radius 2 is 2.25 bits per heavy atom. The molecule has 0 fully saturated rings. The lowest BCUT2D eigenvalue weighted by Gasteiger charge is -2.20. The first-order valence-corrected chi connectivity index (χ1v) is 8.45. The normalized spacial score (nSPS) is 10.5. The summed E-state index contributed by atoms with van der Waals surface area (Å²) in [5.41, 5.74) is 0.531. The van der Waals surface area contributed by atoms with Crippen LogP contribution in [0.3, 0.4) is 0 Å². The van der Waals surface area contributed by atoms with Crippen LogP contribution in [0.5, 0.6) is 0 Å². The summed E-state index contributed by atoms with van der Waals surface area (Å²) in [6, 6.07) is 7.32. The van der Waals surface area contributed by atoms with E-state index in [2.05, 4.69) is 16.5 Å². The number of halogens is 1. The molecule has 0 saturated carbocycles. The monoisotopic (exact) mass is 358 g/mol. The van der Waals surface area contributed by atoms with Gasteiger partial charge < -0.3 is 4.90 Å². The number of thiophene rings is 1. The number of carbonyl (C=O) groups excluding carboxylic acids is 1. The maximum absolute atomic E-state index is 12.7. The van der Waals surface area contributed by atoms with Crippen molar-refractivity contribution in [2.24, 2.45) is 0 Å². The summed E-state index contributed by atoms with van der Waals surface area (Å²) in [6.07, 6.45) is 8.43. The second kappa shape index (κ2) is 7.42. The zero-order valence-corrected chi connectivity index (χ0v) is 14.4. The molecule has 0 radical (unpaired) electrons. The van der Waals surface area contributed by atoms with Gasteiger partial charge >= 0.3 is 0 Å². The van der Waals surface area contributed by atoms with E-state index in [4.69, 9.17) is 11.6 Å². The van der Waals surface area contributed by atoms with Crippen molar-refractivity contribution in [3.05, 3.63) is 76.6 Å². The van der Waals surface area contributed by atoms with Crippen LogP contribution in [-0.4, -0.2) is 31.9 Å². The molecule has 0 atom stereocenters. The predicted molar refractivity (Wildman–Crippen MR) is 95.6 cm³/mol. The van der Waals surface area contributed by atoms with Gasteiger partial charge in [-0.3, -0.25) is 9.36 Å². The number of hydrogen-bond acceptors (Lipinski definition) is 4. The van der Waals surface area contributed by atoms with Crippen molar-refractivity contribution in [1.82, 2.24) is 19.4 Å². The molecular formula is C17H15ClN4OS. The largest absolute Gasteiger partial charge is 0.330 e. The lowest BCUT2D eigenvalue weighted by molar-refractivity contribution is 0.0764. The van der Waals surface area contributed by atoms with E-state index in [1.165, 1.54) is 11.3 Å². The minimum atomic E-state index is -0.0934. The Bertz CT molecular complexity index is 827. The molecular weight excluding hydrogens is 344 g/mol. The molecule has 0 N–H and O–H groups in total. The number of imidazole rings is 1. The summed E-state index contributed by atoms with van der Waals surface area (Å²) in [4.78, 5) is 23.8. The standard InChI is InChI=1S/C17H15ClN4OS/c1-2-8-21(11-14-4-5-15(18)24-14)17(23)13-3-6-16(20-10-13)22-9-7-19-12-22/h2-7,9-10,12H,1,8,11H2. The summed E-state index contributed by atoms with van der Waals surface area (Å²) < 4.78 is 2.49. The Morgan fingerprint density at radius 3 is 2.83 bits per heavy atom. The molecule has 0 aliphatic heterocycles. The van der Waals surface area contributed by atoms with Gasteiger partial charge in [-0.25, -0.2) is 9.97 Å². The van der Waals surface area contributed by atoms with Crippen molar-refractivity contribution in [2.45, 2.75) is 6.54 Å². The van der Waals surface area contributed by atoms with Gasteiger partial charge in [-0.15, -0.1) is 17.9 Å². The summed E-state index contributed by atoms with van der Waals surface area (Å²) in [5, 5.41) is 0. The van der Waals surface area contributed by atoms with E-state index in [0.717, 1.165) is 4.88 Å². The lowest BCUT2D eigenvalue weighted by Crippen LogP contribution is -2.30. The fourth-order valence-corrected chi connectivity index (χ4v) is 3.35. The van der Waals surface area contributed by atoms with E-state index in [-0.39, 0.29) is 5.91 Å². The molecule has 3 aromatic heterocycles. The van der Waals surface area contributed by atoms with Crippen LogP contribution in [-0.2, 0) is 6.54 Å². The molecule has 24 heavy (non-hydrogen) atoms. The van der Waals surface area contributed by atoms with Crippen molar-refractivity contribution in [2.75, 3.05) is 6.54 Å². The molecule has 0 aliphatic rings. The third-order valence-corrected chi connectivity index (χ3v) is 4.59. The second-order valence-corrected chi connectivity index (χ2v) is 6.85. The molecule has 122 valence electrons. The van der Waals surface area contributed by atoms with Gasteiger partial charge in [0.05, 0.1) is 16.4 Å². The Labute approximate surface area is 148 Å². The third kappa shape index (κ3) is 3.72. The Kier molecular flexibility index (Phi) is 5.08. The van der Waals surface area contributed by atoms with E-state index >= 15 is 0 Å². The molecule has 1 amide bonds. The van der Waals surface area contributed by atoms with Gasteiger partial charge in [0.25, 0.3) is 5.91 Å². The van der Waals surface area contributed by atoms with Crippen LogP contribution in [0.25, 0.3) is 5.82 Å². The van der Waals surface area contributed by atoms with Crippen LogP contribution in [0, 0.1) is 0 Å². The van der Waals surface area contributed by atoms with Crippen LogP contribution < -0.4 is 0 Å². The molecule has 3 rings (SSSR count). The zero-order chi connectivity index (χ0) is 16.9. The lowest BCUT2D eigenvalue weighted by atomic mass is 10.2. The Hall–Kier alpha value is -2.44. The number of pyridine rings is 1. The minimum Gasteiger partial charge on any atom is -0.330 e. The predicted octanol–water partition coefficient (Wildman–Crippen LogP) is 3.81. The van der Waals surface area contributed by atoms with E-state index in [1.807, 2.05) is 12.1 Å². The molecule has 7 heteroatoms. The maximum atomic E-state index is 12.7. The highest BCUT2D eigenvalue weighted by molar-refractivity contribution is 7.16. The number of amides is 1. The molecule has 0 spiro atoms. The summed E-state index contributed by atoms with van der Waals surface area (Å²) >= 11 is 7.43. The third-order valence-electron chi connectivity index (χ3n) is 3.38. The van der Waals surface area contributed by atoms with Crippen LogP contribution in [0.2, 0.25) is 4.34 Å². The number of aromatic nitrogens is 3. The molecule has 0 bridgehead atoms. The topological polar surface area (TPSA) is 51.0 Å². The molecule has 0 unspecified atom stereocenters. The van der Waals surface area contributed by atoms with Gasteiger partial charge in [-0.2, -0.15) is 0 Å². The first-order valence-electron chi connectivity index (χ1n) is 7.26. The second-order valence-electron chi connectivity index (χ2n) is 5.06. The van der Waals surface area contributed by atoms with Gasteiger partial charge in [-0.1, -0.05) is 17.7 Å². The molecule has 3 heterocycles. The van der Waals surface area contributed by atoms with E-state index in [0.29, 0.717) is 28.8 Å². The van der Waals surface area contributed by atoms with E-state index in [1.54, 1.807) is 52.6 Å². The highest BCUT2D eigenvalue weighted by Gasteiger charge is 2.16. The fraction of sp³-hybridized carbons (Fsp3) is 0.118. The van der Waals surface area contributed by atoms with Crippen LogP contribution >= 0.6 is 22.9 Å². The van der Waals surface area contributed by atoms with Crippen molar-refractivity contribution in [3.63, 3.8) is 0 Å². The molecule has 0 saturated heterocycles. The van der Waals surface area contributed by atoms with Crippen LogP contribution in [0.1, 0.15) is 15.2 Å².